The predicted molar refractivity (Wildman–Crippen MR) is 91.7 cm³/mol. The summed E-state index contributed by atoms with van der Waals surface area (Å²) in [4.78, 5) is 26.8. The Morgan fingerprint density at radius 3 is 2.78 bits per heavy atom. The monoisotopic (exact) mass is 313 g/mol. The lowest BCUT2D eigenvalue weighted by molar-refractivity contribution is 0.233. The number of carbonyl (C=O) groups is 1. The lowest BCUT2D eigenvalue weighted by atomic mass is 9.96. The zero-order valence-electron chi connectivity index (χ0n) is 13.2. The van der Waals surface area contributed by atoms with E-state index in [0.717, 1.165) is 23.7 Å². The molecule has 2 aromatic rings. The lowest BCUT2D eigenvalue weighted by Crippen LogP contribution is -2.43. The van der Waals surface area contributed by atoms with Crippen molar-refractivity contribution in [3.8, 4) is 0 Å². The number of rotatable bonds is 4. The molecule has 3 rings (SSSR count). The summed E-state index contributed by atoms with van der Waals surface area (Å²) >= 11 is 0. The third-order valence-electron chi connectivity index (χ3n) is 4.45. The standard InChI is InChI=1S/C18H23N3O2/c22-17-14(12-13-6-4-5-9-16(13)21-17)10-11-19-18(23)20-15-7-2-1-3-8-15/h4-6,9,12,15H,1-3,7-8,10-11H2,(H,21,22)(H2,19,20,23). The molecule has 1 aromatic carbocycles. The van der Waals surface area contributed by atoms with E-state index in [1.807, 2.05) is 30.3 Å². The van der Waals surface area contributed by atoms with E-state index in [-0.39, 0.29) is 11.6 Å². The van der Waals surface area contributed by atoms with Crippen LogP contribution in [0.2, 0.25) is 0 Å². The molecular formula is C18H23N3O2. The number of pyridine rings is 1. The van der Waals surface area contributed by atoms with Crippen LogP contribution in [0.3, 0.4) is 0 Å². The molecule has 1 aromatic heterocycles. The van der Waals surface area contributed by atoms with Crippen LogP contribution >= 0.6 is 0 Å². The van der Waals surface area contributed by atoms with Crippen LogP contribution in [0.1, 0.15) is 37.7 Å². The summed E-state index contributed by atoms with van der Waals surface area (Å²) in [6.07, 6.45) is 6.31. The zero-order chi connectivity index (χ0) is 16.1. The van der Waals surface area contributed by atoms with Crippen LogP contribution in [-0.2, 0) is 6.42 Å². The van der Waals surface area contributed by atoms with Gasteiger partial charge in [-0.05, 0) is 36.8 Å². The second-order valence-corrected chi connectivity index (χ2v) is 6.20. The van der Waals surface area contributed by atoms with Crippen LogP contribution in [0.4, 0.5) is 4.79 Å². The van der Waals surface area contributed by atoms with Crippen molar-refractivity contribution in [1.29, 1.82) is 0 Å². The van der Waals surface area contributed by atoms with Gasteiger partial charge in [-0.25, -0.2) is 4.79 Å². The first-order valence-electron chi connectivity index (χ1n) is 8.38. The van der Waals surface area contributed by atoms with E-state index in [9.17, 15) is 9.59 Å². The summed E-state index contributed by atoms with van der Waals surface area (Å²) in [6.45, 7) is 0.458. The van der Waals surface area contributed by atoms with Gasteiger partial charge in [0.2, 0.25) is 0 Å². The number of H-pyrrole nitrogens is 1. The van der Waals surface area contributed by atoms with Crippen molar-refractivity contribution in [3.05, 3.63) is 46.2 Å². The molecular weight excluding hydrogens is 290 g/mol. The second kappa shape index (κ2) is 7.31. The van der Waals surface area contributed by atoms with E-state index in [1.54, 1.807) is 0 Å². The summed E-state index contributed by atoms with van der Waals surface area (Å²) in [6, 6.07) is 9.76. The predicted octanol–water partition coefficient (Wildman–Crippen LogP) is 2.70. The highest BCUT2D eigenvalue weighted by atomic mass is 16.2. The van der Waals surface area contributed by atoms with Crippen LogP contribution in [0.25, 0.3) is 10.9 Å². The summed E-state index contributed by atoms with van der Waals surface area (Å²) in [5.41, 5.74) is 1.45. The van der Waals surface area contributed by atoms with Crippen molar-refractivity contribution in [2.75, 3.05) is 6.54 Å². The fourth-order valence-electron chi connectivity index (χ4n) is 3.17. The SMILES string of the molecule is O=C(NCCc1cc2ccccc2[nH]c1=O)NC1CCCCC1. The fraction of sp³-hybridized carbons (Fsp3) is 0.444. The number of fused-ring (bicyclic) bond motifs is 1. The maximum atomic E-state index is 12.0. The van der Waals surface area contributed by atoms with Gasteiger partial charge < -0.3 is 15.6 Å². The first-order valence-corrected chi connectivity index (χ1v) is 8.38. The highest BCUT2D eigenvalue weighted by Crippen LogP contribution is 2.17. The molecule has 0 unspecified atom stereocenters. The van der Waals surface area contributed by atoms with Crippen LogP contribution in [0, 0.1) is 0 Å². The van der Waals surface area contributed by atoms with Gasteiger partial charge in [0.25, 0.3) is 5.56 Å². The van der Waals surface area contributed by atoms with Crippen molar-refractivity contribution < 1.29 is 4.79 Å². The van der Waals surface area contributed by atoms with Gasteiger partial charge in [-0.3, -0.25) is 4.79 Å². The molecule has 1 aliphatic carbocycles. The Morgan fingerprint density at radius 1 is 1.17 bits per heavy atom. The normalized spacial score (nSPS) is 15.5. The molecule has 0 bridgehead atoms. The Labute approximate surface area is 135 Å². The maximum absolute atomic E-state index is 12.0. The minimum atomic E-state index is -0.130. The summed E-state index contributed by atoms with van der Waals surface area (Å²) in [5.74, 6) is 0. The molecule has 122 valence electrons. The molecule has 0 saturated heterocycles. The zero-order valence-corrected chi connectivity index (χ0v) is 13.2. The van der Waals surface area contributed by atoms with Crippen LogP contribution < -0.4 is 16.2 Å². The highest BCUT2D eigenvalue weighted by Gasteiger charge is 2.15. The minimum absolute atomic E-state index is 0.0850. The van der Waals surface area contributed by atoms with E-state index in [0.29, 0.717) is 24.6 Å². The molecule has 23 heavy (non-hydrogen) atoms. The van der Waals surface area contributed by atoms with Gasteiger partial charge in [-0.2, -0.15) is 0 Å². The number of hydrogen-bond donors (Lipinski definition) is 3. The number of hydrogen-bond acceptors (Lipinski definition) is 2. The van der Waals surface area contributed by atoms with Gasteiger partial charge in [-0.15, -0.1) is 0 Å². The number of aromatic nitrogens is 1. The number of nitrogens with one attached hydrogen (secondary N) is 3. The Hall–Kier alpha value is -2.30. The third kappa shape index (κ3) is 4.12. The van der Waals surface area contributed by atoms with Crippen LogP contribution in [0.5, 0.6) is 0 Å². The van der Waals surface area contributed by atoms with Crippen LogP contribution in [-0.4, -0.2) is 23.6 Å². The molecule has 0 atom stereocenters. The third-order valence-corrected chi connectivity index (χ3v) is 4.45. The number of amides is 2. The average molecular weight is 313 g/mol. The van der Waals surface area contributed by atoms with E-state index in [1.165, 1.54) is 19.3 Å². The van der Waals surface area contributed by atoms with Crippen molar-refractivity contribution >= 4 is 16.9 Å². The van der Waals surface area contributed by atoms with Crippen molar-refractivity contribution in [3.63, 3.8) is 0 Å². The van der Waals surface area contributed by atoms with Gasteiger partial charge in [0, 0.05) is 23.7 Å². The first-order chi connectivity index (χ1) is 11.2. The van der Waals surface area contributed by atoms with Crippen molar-refractivity contribution in [2.45, 2.75) is 44.6 Å². The van der Waals surface area contributed by atoms with E-state index in [2.05, 4.69) is 15.6 Å². The van der Waals surface area contributed by atoms with Gasteiger partial charge >= 0.3 is 6.03 Å². The maximum Gasteiger partial charge on any atom is 0.315 e. The quantitative estimate of drug-likeness (QED) is 0.812. The van der Waals surface area contributed by atoms with E-state index in [4.69, 9.17) is 0 Å². The van der Waals surface area contributed by atoms with Crippen molar-refractivity contribution in [2.24, 2.45) is 0 Å². The molecule has 0 radical (unpaired) electrons. The molecule has 5 heteroatoms. The summed E-state index contributed by atoms with van der Waals surface area (Å²) < 4.78 is 0. The molecule has 0 spiro atoms. The number of para-hydroxylation sites is 1. The highest BCUT2D eigenvalue weighted by molar-refractivity contribution is 5.78. The second-order valence-electron chi connectivity index (χ2n) is 6.20. The van der Waals surface area contributed by atoms with Gasteiger partial charge in [-0.1, -0.05) is 37.5 Å². The summed E-state index contributed by atoms with van der Waals surface area (Å²) in [5, 5.41) is 6.87. The van der Waals surface area contributed by atoms with Crippen molar-refractivity contribution in [1.82, 2.24) is 15.6 Å². The van der Waals surface area contributed by atoms with E-state index >= 15 is 0 Å². The topological polar surface area (TPSA) is 74.0 Å². The largest absolute Gasteiger partial charge is 0.338 e. The average Bonchev–Trinajstić information content (AvgIpc) is 2.56. The molecule has 1 aliphatic rings. The van der Waals surface area contributed by atoms with E-state index < -0.39 is 0 Å². The van der Waals surface area contributed by atoms with Gasteiger partial charge in [0.1, 0.15) is 0 Å². The fourth-order valence-corrected chi connectivity index (χ4v) is 3.17. The molecule has 1 fully saturated rings. The van der Waals surface area contributed by atoms with Gasteiger partial charge in [0.15, 0.2) is 0 Å². The smallest absolute Gasteiger partial charge is 0.315 e. The Bertz CT molecular complexity index is 732. The molecule has 3 N–H and O–H groups in total. The Balaban J connectivity index is 1.53. The lowest BCUT2D eigenvalue weighted by Gasteiger charge is -2.22. The minimum Gasteiger partial charge on any atom is -0.338 e. The molecule has 2 amide bonds. The molecule has 0 aliphatic heterocycles. The van der Waals surface area contributed by atoms with Crippen LogP contribution in [0.15, 0.2) is 35.1 Å². The number of aromatic amines is 1. The van der Waals surface area contributed by atoms with Gasteiger partial charge in [0.05, 0.1) is 0 Å². The molecule has 5 nitrogen and oxygen atoms in total. The number of benzene rings is 1. The number of carbonyl (C=O) groups excluding carboxylic acids is 1. The Kier molecular flexibility index (Phi) is 4.95. The first kappa shape index (κ1) is 15.6. The summed E-state index contributed by atoms with van der Waals surface area (Å²) in [7, 11) is 0. The number of urea groups is 1. The molecule has 1 heterocycles. The molecule has 1 saturated carbocycles. The Morgan fingerprint density at radius 2 is 1.96 bits per heavy atom.